The Labute approximate surface area is 397 Å². The quantitative estimate of drug-likeness (QED) is 0.0783. The Balaban J connectivity index is 0.865. The van der Waals surface area contributed by atoms with Gasteiger partial charge in [0.1, 0.15) is 47.7 Å². The normalized spacial score (nSPS) is 13.9. The lowest BCUT2D eigenvalue weighted by molar-refractivity contribution is 0.0910. The third-order valence-corrected chi connectivity index (χ3v) is 12.6. The van der Waals surface area contributed by atoms with E-state index >= 15 is 0 Å². The molecule has 10 nitrogen and oxygen atoms in total. The Bertz CT molecular complexity index is 3170. The Morgan fingerprint density at radius 3 is 1.12 bits per heavy atom. The van der Waals surface area contributed by atoms with Gasteiger partial charge in [0.2, 0.25) is 0 Å². The maximum absolute atomic E-state index is 13.7. The molecular formula is C59H40N2O8. The summed E-state index contributed by atoms with van der Waals surface area (Å²) in [5.74, 6) is 1.42. The molecule has 8 aromatic rings. The standard InChI is InChI=1S/C59H40N2O8/c1-3-33-66-41-25-17-39(18-26-41)60-55(62)49-31-29-45(35-51(49)57(60)64)68-43-21-13-37(14-22-43)59(53-11-7-5-9-47(53)48-10-6-8-12-54(48)59)38-15-23-44(24-16-38)69-46-30-32-50-52(36-46)58(65)61(56(50)63)40-19-27-42(28-20-40)67-34-4-2/h3-32,35-36H,1-2,33-34H2. The van der Waals surface area contributed by atoms with Gasteiger partial charge in [0.15, 0.2) is 0 Å². The molecule has 0 radical (unpaired) electrons. The van der Waals surface area contributed by atoms with Crippen molar-refractivity contribution in [3.05, 3.63) is 252 Å². The summed E-state index contributed by atoms with van der Waals surface area (Å²) in [5, 5.41) is 0. The van der Waals surface area contributed by atoms with E-state index in [-0.39, 0.29) is 11.1 Å². The Hall–Kier alpha value is -9.28. The maximum Gasteiger partial charge on any atom is 0.266 e. The van der Waals surface area contributed by atoms with Gasteiger partial charge in [-0.15, -0.1) is 0 Å². The van der Waals surface area contributed by atoms with Crippen LogP contribution in [0.1, 0.15) is 63.7 Å². The predicted molar refractivity (Wildman–Crippen MR) is 263 cm³/mol. The van der Waals surface area contributed by atoms with Crippen molar-refractivity contribution in [1.29, 1.82) is 0 Å². The number of fused-ring (bicyclic) bond motifs is 5. The van der Waals surface area contributed by atoms with Crippen molar-refractivity contribution in [3.8, 4) is 45.6 Å². The van der Waals surface area contributed by atoms with Gasteiger partial charge in [-0.1, -0.05) is 98.1 Å². The first-order chi connectivity index (χ1) is 33.8. The van der Waals surface area contributed by atoms with Crippen LogP contribution in [-0.2, 0) is 5.41 Å². The lowest BCUT2D eigenvalue weighted by Gasteiger charge is -2.34. The smallest absolute Gasteiger partial charge is 0.266 e. The number of carbonyl (C=O) groups is 4. The zero-order valence-electron chi connectivity index (χ0n) is 37.0. The van der Waals surface area contributed by atoms with Crippen LogP contribution in [0.4, 0.5) is 11.4 Å². The van der Waals surface area contributed by atoms with Crippen molar-refractivity contribution in [2.24, 2.45) is 0 Å². The van der Waals surface area contributed by atoms with Crippen LogP contribution in [0.15, 0.2) is 207 Å². The van der Waals surface area contributed by atoms with Crippen LogP contribution >= 0.6 is 0 Å². The van der Waals surface area contributed by atoms with E-state index in [0.29, 0.717) is 70.2 Å². The average molecular weight is 905 g/mol. The number of nitrogens with zero attached hydrogens (tertiary/aromatic N) is 2. The van der Waals surface area contributed by atoms with E-state index < -0.39 is 29.0 Å². The molecule has 2 aliphatic heterocycles. The first-order valence-electron chi connectivity index (χ1n) is 22.3. The molecule has 0 aromatic heterocycles. The van der Waals surface area contributed by atoms with Crippen molar-refractivity contribution < 1.29 is 38.1 Å². The van der Waals surface area contributed by atoms with Crippen LogP contribution in [-0.4, -0.2) is 36.8 Å². The summed E-state index contributed by atoms with van der Waals surface area (Å²) in [6.45, 7) is 8.00. The van der Waals surface area contributed by atoms with Crippen LogP contribution in [0, 0.1) is 0 Å². The zero-order valence-corrected chi connectivity index (χ0v) is 37.0. The van der Waals surface area contributed by atoms with Gasteiger partial charge in [-0.25, -0.2) is 9.80 Å². The Kier molecular flexibility index (Phi) is 10.5. The van der Waals surface area contributed by atoms with Crippen LogP contribution in [0.5, 0.6) is 34.5 Å². The molecule has 4 amide bonds. The molecule has 1 aliphatic carbocycles. The molecule has 0 bridgehead atoms. The van der Waals surface area contributed by atoms with Crippen LogP contribution < -0.4 is 28.7 Å². The van der Waals surface area contributed by atoms with E-state index in [1.54, 1.807) is 97.1 Å². The number of carbonyl (C=O) groups excluding carboxylic acids is 4. The lowest BCUT2D eigenvalue weighted by Crippen LogP contribution is -2.29. The molecule has 11 rings (SSSR count). The number of anilines is 2. The van der Waals surface area contributed by atoms with E-state index in [9.17, 15) is 19.2 Å². The third kappa shape index (κ3) is 7.13. The summed E-state index contributed by atoms with van der Waals surface area (Å²) in [4.78, 5) is 56.5. The lowest BCUT2D eigenvalue weighted by atomic mass is 9.68. The maximum atomic E-state index is 13.7. The van der Waals surface area contributed by atoms with Gasteiger partial charge >= 0.3 is 0 Å². The molecule has 0 spiro atoms. The number of benzene rings is 8. The summed E-state index contributed by atoms with van der Waals surface area (Å²) in [7, 11) is 0. The van der Waals surface area contributed by atoms with Crippen LogP contribution in [0.2, 0.25) is 0 Å². The number of amides is 4. The molecule has 10 heteroatoms. The largest absolute Gasteiger partial charge is 0.490 e. The van der Waals surface area contributed by atoms with Crippen molar-refractivity contribution in [2.45, 2.75) is 5.41 Å². The monoisotopic (exact) mass is 904 g/mol. The summed E-state index contributed by atoms with van der Waals surface area (Å²) < 4.78 is 23.9. The minimum atomic E-state index is -0.732. The second kappa shape index (κ2) is 17.2. The average Bonchev–Trinajstić information content (AvgIpc) is 3.93. The van der Waals surface area contributed by atoms with Crippen LogP contribution in [0.25, 0.3) is 11.1 Å². The number of imide groups is 2. The SMILES string of the molecule is C=CCOc1ccc(N2C(=O)c3ccc(Oc4ccc(C5(c6ccc(Oc7ccc8c(c7)C(=O)N(c7ccc(OCC=C)cc7)C8=O)cc6)c6ccccc6-c6ccccc65)cc4)cc3C2=O)cc1. The first-order valence-corrected chi connectivity index (χ1v) is 22.3. The molecule has 69 heavy (non-hydrogen) atoms. The van der Waals surface area contributed by atoms with Gasteiger partial charge in [-0.3, -0.25) is 19.2 Å². The van der Waals surface area contributed by atoms with Crippen molar-refractivity contribution in [1.82, 2.24) is 0 Å². The highest BCUT2D eigenvalue weighted by atomic mass is 16.5. The van der Waals surface area contributed by atoms with Gasteiger partial charge in [0.05, 0.1) is 39.0 Å². The van der Waals surface area contributed by atoms with Gasteiger partial charge < -0.3 is 18.9 Å². The van der Waals surface area contributed by atoms with Crippen molar-refractivity contribution in [2.75, 3.05) is 23.0 Å². The van der Waals surface area contributed by atoms with Gasteiger partial charge in [0.25, 0.3) is 23.6 Å². The van der Waals surface area contributed by atoms with E-state index in [2.05, 4.69) is 73.8 Å². The van der Waals surface area contributed by atoms with Gasteiger partial charge in [-0.2, -0.15) is 0 Å². The molecule has 0 unspecified atom stereocenters. The third-order valence-electron chi connectivity index (χ3n) is 12.6. The highest BCUT2D eigenvalue weighted by Crippen LogP contribution is 2.56. The highest BCUT2D eigenvalue weighted by molar-refractivity contribution is 6.35. The van der Waals surface area contributed by atoms with E-state index in [1.807, 2.05) is 36.4 Å². The summed E-state index contributed by atoms with van der Waals surface area (Å²) >= 11 is 0. The second-order valence-corrected chi connectivity index (χ2v) is 16.6. The molecule has 8 aromatic carbocycles. The number of hydrogen-bond donors (Lipinski definition) is 0. The minimum Gasteiger partial charge on any atom is -0.490 e. The molecule has 0 atom stereocenters. The fraction of sp³-hybridized carbons (Fsp3) is 0.0508. The molecule has 0 fully saturated rings. The van der Waals surface area contributed by atoms with E-state index in [4.69, 9.17) is 18.9 Å². The molecular weight excluding hydrogens is 865 g/mol. The van der Waals surface area contributed by atoms with E-state index in [1.165, 1.54) is 0 Å². The molecule has 0 saturated carbocycles. The summed E-state index contributed by atoms with van der Waals surface area (Å²) in [6, 6.07) is 56.1. The van der Waals surface area contributed by atoms with E-state index in [0.717, 1.165) is 43.2 Å². The fourth-order valence-corrected chi connectivity index (χ4v) is 9.57. The Morgan fingerprint density at radius 1 is 0.377 bits per heavy atom. The predicted octanol–water partition coefficient (Wildman–Crippen LogP) is 12.4. The molecule has 0 saturated heterocycles. The fourth-order valence-electron chi connectivity index (χ4n) is 9.57. The Morgan fingerprint density at radius 2 is 0.725 bits per heavy atom. The number of ether oxygens (including phenoxy) is 4. The molecule has 2 heterocycles. The zero-order chi connectivity index (χ0) is 47.2. The van der Waals surface area contributed by atoms with Gasteiger partial charge in [-0.05, 0) is 143 Å². The summed E-state index contributed by atoms with van der Waals surface area (Å²) in [5.41, 5.74) is 7.73. The highest BCUT2D eigenvalue weighted by Gasteiger charge is 2.46. The van der Waals surface area contributed by atoms with Crippen molar-refractivity contribution in [3.63, 3.8) is 0 Å². The van der Waals surface area contributed by atoms with Crippen molar-refractivity contribution >= 4 is 35.0 Å². The van der Waals surface area contributed by atoms with Gasteiger partial charge in [0, 0.05) is 0 Å². The number of rotatable bonds is 14. The molecule has 0 N–H and O–H groups in total. The summed E-state index contributed by atoms with van der Waals surface area (Å²) in [6.07, 6.45) is 3.28. The second-order valence-electron chi connectivity index (χ2n) is 16.6. The topological polar surface area (TPSA) is 112 Å². The number of hydrogen-bond acceptors (Lipinski definition) is 8. The molecule has 334 valence electrons. The van der Waals surface area contributed by atoms with Crippen LogP contribution in [0.3, 0.4) is 0 Å². The molecule has 3 aliphatic rings. The first kappa shape index (κ1) is 42.4. The minimum absolute atomic E-state index is 0.256.